The van der Waals surface area contributed by atoms with Crippen LogP contribution in [0.4, 0.5) is 0 Å². The summed E-state index contributed by atoms with van der Waals surface area (Å²) < 4.78 is 0. The van der Waals surface area contributed by atoms with Gasteiger partial charge in [0.05, 0.1) is 18.6 Å². The Balaban J connectivity index is 3.09. The third-order valence-electron chi connectivity index (χ3n) is 4.57. The molecule has 0 bridgehead atoms. The standard InChI is InChI=1S/C20H40O4/c1-18(21)15-13-11-9-7-5-3-2-4-6-8-10-12-14-16-19(22)17-20(23)24/h18-19,21-22H,2-17H2,1H3,(H,23,24)/t18-,19-/m1/s1. The Bertz CT molecular complexity index is 279. The van der Waals surface area contributed by atoms with Crippen molar-refractivity contribution in [1.82, 2.24) is 0 Å². The Morgan fingerprint density at radius 3 is 1.33 bits per heavy atom. The number of carbonyl (C=O) groups is 1. The van der Waals surface area contributed by atoms with Gasteiger partial charge in [0.25, 0.3) is 0 Å². The lowest BCUT2D eigenvalue weighted by Gasteiger charge is -2.07. The molecule has 3 N–H and O–H groups in total. The molecule has 0 amide bonds. The van der Waals surface area contributed by atoms with Gasteiger partial charge in [0.15, 0.2) is 0 Å². The molecule has 4 heteroatoms. The van der Waals surface area contributed by atoms with Crippen molar-refractivity contribution in [2.75, 3.05) is 0 Å². The quantitative estimate of drug-likeness (QED) is 0.304. The van der Waals surface area contributed by atoms with Gasteiger partial charge in [-0.1, -0.05) is 83.5 Å². The highest BCUT2D eigenvalue weighted by molar-refractivity contribution is 5.67. The molecule has 0 spiro atoms. The Labute approximate surface area is 148 Å². The fourth-order valence-corrected chi connectivity index (χ4v) is 3.07. The van der Waals surface area contributed by atoms with E-state index in [1.165, 1.54) is 64.2 Å². The van der Waals surface area contributed by atoms with Gasteiger partial charge >= 0.3 is 5.97 Å². The van der Waals surface area contributed by atoms with Gasteiger partial charge < -0.3 is 15.3 Å². The Kier molecular flexibility index (Phi) is 16.8. The number of aliphatic hydroxyl groups is 2. The van der Waals surface area contributed by atoms with Crippen LogP contribution < -0.4 is 0 Å². The monoisotopic (exact) mass is 344 g/mol. The molecule has 24 heavy (non-hydrogen) atoms. The Morgan fingerprint density at radius 2 is 1.00 bits per heavy atom. The zero-order valence-corrected chi connectivity index (χ0v) is 15.7. The van der Waals surface area contributed by atoms with E-state index in [9.17, 15) is 9.90 Å². The molecule has 0 heterocycles. The molecule has 0 aliphatic carbocycles. The molecule has 0 aromatic rings. The number of unbranched alkanes of at least 4 members (excludes halogenated alkanes) is 12. The third kappa shape index (κ3) is 19.4. The van der Waals surface area contributed by atoms with Crippen LogP contribution in [0.5, 0.6) is 0 Å². The van der Waals surface area contributed by atoms with Gasteiger partial charge in [0.1, 0.15) is 0 Å². The molecule has 0 saturated heterocycles. The number of hydrogen-bond acceptors (Lipinski definition) is 3. The van der Waals surface area contributed by atoms with E-state index in [1.54, 1.807) is 0 Å². The van der Waals surface area contributed by atoms with E-state index in [1.807, 2.05) is 6.92 Å². The maximum atomic E-state index is 10.4. The van der Waals surface area contributed by atoms with E-state index >= 15 is 0 Å². The van der Waals surface area contributed by atoms with E-state index in [0.717, 1.165) is 25.7 Å². The van der Waals surface area contributed by atoms with E-state index in [-0.39, 0.29) is 12.5 Å². The molecule has 2 atom stereocenters. The van der Waals surface area contributed by atoms with E-state index in [0.29, 0.717) is 6.42 Å². The first-order chi connectivity index (χ1) is 11.5. The van der Waals surface area contributed by atoms with Crippen molar-refractivity contribution in [3.63, 3.8) is 0 Å². The molecule has 0 aliphatic rings. The van der Waals surface area contributed by atoms with Crippen LogP contribution >= 0.6 is 0 Å². The van der Waals surface area contributed by atoms with Crippen LogP contribution in [0, 0.1) is 0 Å². The minimum Gasteiger partial charge on any atom is -0.481 e. The molecule has 0 saturated carbocycles. The first kappa shape index (κ1) is 23.4. The Hall–Kier alpha value is -0.610. The lowest BCUT2D eigenvalue weighted by atomic mass is 10.0. The fraction of sp³-hybridized carbons (Fsp3) is 0.950. The summed E-state index contributed by atoms with van der Waals surface area (Å²) in [5, 5.41) is 27.2. The van der Waals surface area contributed by atoms with Crippen molar-refractivity contribution in [2.45, 2.75) is 122 Å². The second kappa shape index (κ2) is 17.2. The minimum atomic E-state index is -0.915. The third-order valence-corrected chi connectivity index (χ3v) is 4.57. The molecular weight excluding hydrogens is 304 g/mol. The van der Waals surface area contributed by atoms with Crippen LogP contribution in [0.25, 0.3) is 0 Å². The first-order valence-corrected chi connectivity index (χ1v) is 10.1. The number of rotatable bonds is 18. The molecule has 0 fully saturated rings. The van der Waals surface area contributed by atoms with E-state index in [2.05, 4.69) is 0 Å². The largest absolute Gasteiger partial charge is 0.481 e. The maximum absolute atomic E-state index is 10.4. The zero-order chi connectivity index (χ0) is 18.0. The second-order valence-corrected chi connectivity index (χ2v) is 7.27. The molecule has 0 aliphatic heterocycles. The molecule has 0 unspecified atom stereocenters. The van der Waals surface area contributed by atoms with E-state index < -0.39 is 12.1 Å². The SMILES string of the molecule is C[C@@H](O)CCCCCCCCCCCCCCC[C@@H](O)CC(=O)O. The van der Waals surface area contributed by atoms with Crippen molar-refractivity contribution in [1.29, 1.82) is 0 Å². The number of aliphatic hydroxyl groups excluding tert-OH is 2. The molecular formula is C20H40O4. The lowest BCUT2D eigenvalue weighted by Crippen LogP contribution is -2.12. The molecule has 0 rings (SSSR count). The van der Waals surface area contributed by atoms with Gasteiger partial charge in [-0.3, -0.25) is 4.79 Å². The summed E-state index contributed by atoms with van der Waals surface area (Å²) >= 11 is 0. The van der Waals surface area contributed by atoms with Gasteiger partial charge in [-0.05, 0) is 19.8 Å². The number of carboxylic acids is 1. The van der Waals surface area contributed by atoms with Gasteiger partial charge in [-0.25, -0.2) is 0 Å². The lowest BCUT2D eigenvalue weighted by molar-refractivity contribution is -0.139. The van der Waals surface area contributed by atoms with Crippen molar-refractivity contribution in [3.05, 3.63) is 0 Å². The summed E-state index contributed by atoms with van der Waals surface area (Å²) in [7, 11) is 0. The van der Waals surface area contributed by atoms with Gasteiger partial charge in [0, 0.05) is 0 Å². The predicted molar refractivity (Wildman–Crippen MR) is 99.2 cm³/mol. The van der Waals surface area contributed by atoms with Crippen LogP contribution in [0.2, 0.25) is 0 Å². The summed E-state index contributed by atoms with van der Waals surface area (Å²) in [6.07, 6.45) is 16.8. The summed E-state index contributed by atoms with van der Waals surface area (Å²) in [5.41, 5.74) is 0. The van der Waals surface area contributed by atoms with Gasteiger partial charge in [-0.2, -0.15) is 0 Å². The summed E-state index contributed by atoms with van der Waals surface area (Å²) in [4.78, 5) is 10.4. The number of hydrogen-bond donors (Lipinski definition) is 3. The molecule has 0 aromatic carbocycles. The summed E-state index contributed by atoms with van der Waals surface area (Å²) in [6.45, 7) is 1.86. The highest BCUT2D eigenvalue weighted by Gasteiger charge is 2.08. The highest BCUT2D eigenvalue weighted by Crippen LogP contribution is 2.14. The summed E-state index contributed by atoms with van der Waals surface area (Å²) in [5.74, 6) is -0.915. The zero-order valence-electron chi connectivity index (χ0n) is 15.7. The fourth-order valence-electron chi connectivity index (χ4n) is 3.07. The van der Waals surface area contributed by atoms with Crippen molar-refractivity contribution in [3.8, 4) is 0 Å². The van der Waals surface area contributed by atoms with Gasteiger partial charge in [-0.15, -0.1) is 0 Å². The van der Waals surface area contributed by atoms with Crippen molar-refractivity contribution >= 4 is 5.97 Å². The van der Waals surface area contributed by atoms with Crippen molar-refractivity contribution < 1.29 is 20.1 Å². The van der Waals surface area contributed by atoms with E-state index in [4.69, 9.17) is 10.2 Å². The minimum absolute atomic E-state index is 0.124. The van der Waals surface area contributed by atoms with Crippen LogP contribution in [0.3, 0.4) is 0 Å². The van der Waals surface area contributed by atoms with Crippen LogP contribution in [-0.2, 0) is 4.79 Å². The number of aliphatic carboxylic acids is 1. The second-order valence-electron chi connectivity index (χ2n) is 7.27. The van der Waals surface area contributed by atoms with Crippen LogP contribution in [0.1, 0.15) is 110 Å². The average molecular weight is 345 g/mol. The smallest absolute Gasteiger partial charge is 0.305 e. The van der Waals surface area contributed by atoms with Crippen molar-refractivity contribution in [2.24, 2.45) is 0 Å². The number of carboxylic acid groups (broad SMARTS) is 1. The molecule has 4 nitrogen and oxygen atoms in total. The van der Waals surface area contributed by atoms with Crippen LogP contribution in [-0.4, -0.2) is 33.5 Å². The maximum Gasteiger partial charge on any atom is 0.305 e. The Morgan fingerprint density at radius 1 is 0.667 bits per heavy atom. The first-order valence-electron chi connectivity index (χ1n) is 10.1. The summed E-state index contributed by atoms with van der Waals surface area (Å²) in [6, 6.07) is 0. The predicted octanol–water partition coefficient (Wildman–Crippen LogP) is 5.05. The highest BCUT2D eigenvalue weighted by atomic mass is 16.4. The molecule has 0 radical (unpaired) electrons. The topological polar surface area (TPSA) is 77.8 Å². The van der Waals surface area contributed by atoms with Gasteiger partial charge in [0.2, 0.25) is 0 Å². The molecule has 144 valence electrons. The normalized spacial score (nSPS) is 13.8. The van der Waals surface area contributed by atoms with Crippen LogP contribution in [0.15, 0.2) is 0 Å². The average Bonchev–Trinajstić information content (AvgIpc) is 2.50. The molecule has 0 aromatic heterocycles.